The molecule has 2 aliphatic rings. The molecule has 464 valence electrons. The van der Waals surface area contributed by atoms with Gasteiger partial charge in [0.25, 0.3) is 0 Å². The van der Waals surface area contributed by atoms with E-state index < -0.39 is 157 Å². The van der Waals surface area contributed by atoms with Crippen LogP contribution in [0.1, 0.15) is 49.8 Å². The highest BCUT2D eigenvalue weighted by Crippen LogP contribution is 2.27. The van der Waals surface area contributed by atoms with Crippen molar-refractivity contribution in [2.75, 3.05) is 31.2 Å². The molecule has 6 rings (SSSR count). The summed E-state index contributed by atoms with van der Waals surface area (Å²) in [5.41, 5.74) is 8.04. The maximum atomic E-state index is 15.1. The quantitative estimate of drug-likeness (QED) is 0.0239. The molecule has 7 unspecified atom stereocenters. The van der Waals surface area contributed by atoms with Crippen molar-refractivity contribution in [2.45, 2.75) is 137 Å². The van der Waals surface area contributed by atoms with Crippen LogP contribution in [0.25, 0.3) is 10.9 Å². The number of carboxylic acids is 1. The number of aromatic hydroxyl groups is 1. The van der Waals surface area contributed by atoms with Gasteiger partial charge in [0.05, 0.1) is 35.0 Å². The van der Waals surface area contributed by atoms with Crippen LogP contribution in [0, 0.1) is 3.57 Å². The molecule has 4 aromatic rings. The van der Waals surface area contributed by atoms with Gasteiger partial charge in [0.1, 0.15) is 60.3 Å². The Kier molecular flexibility index (Phi) is 25.6. The number of rotatable bonds is 20. The van der Waals surface area contributed by atoms with Crippen LogP contribution in [-0.2, 0) is 62.4 Å². The number of amides is 7. The van der Waals surface area contributed by atoms with Gasteiger partial charge in [-0.25, -0.2) is 4.79 Å². The van der Waals surface area contributed by atoms with E-state index in [9.17, 15) is 69.6 Å². The molecule has 85 heavy (non-hydrogen) atoms. The number of ether oxygens (including phenoxy) is 1. The minimum atomic E-state index is -2.53. The number of H-pyrrole nitrogens is 1. The molecule has 0 bridgehead atoms. The Balaban J connectivity index is 1.44. The molecule has 0 aliphatic carbocycles. The van der Waals surface area contributed by atoms with Crippen LogP contribution in [0.3, 0.4) is 0 Å². The van der Waals surface area contributed by atoms with Gasteiger partial charge in [0.2, 0.25) is 47.1 Å². The number of phenolic OH excluding ortho intramolecular Hbond substituents is 1. The summed E-state index contributed by atoms with van der Waals surface area (Å²) in [5.74, 6) is -12.0. The standard InChI is InChI=1S/C55H73IN10O17S2/c1-27(67)43-53(79)64-40(52(78)66-44(28(2)68)54(80)81)25-85-84-24-39(63-48(74)36(19-29-10-4-3-5-11-29)59-26-55(82)46(72)45(71)42(70)23-83-55)51(77)61-37(20-30-15-16-41(69)33(56)18-30)49(75)62-38(21-31-22-58-34-13-7-6-12-32(31)34)50(76)60-35(47(73)65-43)14-8-9-17-57/h3-7,10-13,15-16,18,22,27-28,35-40,42-46,58-59,67-72,82H,8-9,14,17,19-21,23-26,57H2,1-2H3,(H,60,76)(H,61,77)(H,62,75)(H,63,74)(H,64,79)(H,65,73)(H,66,78)(H,80,81)/t27?,28?,35-,36?,37-,38+,39?,40-,42?,43-,44-,45+,46?,55?/m0/s1/i56-4. The molecular weight excluding hydrogens is 1260 g/mol. The van der Waals surface area contributed by atoms with Gasteiger partial charge in [-0.1, -0.05) is 76.2 Å². The number of carbonyl (C=O) groups excluding carboxylic acids is 7. The zero-order valence-electron chi connectivity index (χ0n) is 46.3. The highest BCUT2D eigenvalue weighted by atomic mass is 123. The van der Waals surface area contributed by atoms with Crippen LogP contribution >= 0.6 is 44.2 Å². The molecule has 2 aliphatic heterocycles. The Morgan fingerprint density at radius 3 is 2.12 bits per heavy atom. The first-order valence-corrected chi connectivity index (χ1v) is 30.8. The Bertz CT molecular complexity index is 2970. The first kappa shape index (κ1) is 67.9. The van der Waals surface area contributed by atoms with Gasteiger partial charge in [-0.15, -0.1) is 0 Å². The predicted molar refractivity (Wildman–Crippen MR) is 320 cm³/mol. The molecule has 0 saturated carbocycles. The van der Waals surface area contributed by atoms with E-state index in [1.165, 1.54) is 19.1 Å². The average Bonchev–Trinajstić information content (AvgIpc) is 3.93. The Morgan fingerprint density at radius 1 is 0.800 bits per heavy atom. The molecule has 2 saturated heterocycles. The van der Waals surface area contributed by atoms with Gasteiger partial charge in [-0.05, 0) is 104 Å². The Hall–Kier alpha value is -6.17. The van der Waals surface area contributed by atoms with Crippen LogP contribution in [0.2, 0.25) is 0 Å². The smallest absolute Gasteiger partial charge is 0.328 e. The molecule has 0 radical (unpaired) electrons. The average molecular weight is 1330 g/mol. The second-order valence-electron chi connectivity index (χ2n) is 20.8. The number of aromatic nitrogens is 1. The van der Waals surface area contributed by atoms with E-state index in [0.717, 1.165) is 28.5 Å². The number of unbranched alkanes of at least 4 members (excludes halogenated alkanes) is 1. The highest BCUT2D eigenvalue weighted by molar-refractivity contribution is 14.1. The molecule has 27 nitrogen and oxygen atoms in total. The minimum absolute atomic E-state index is 0.0671. The number of fused-ring (bicyclic) bond motifs is 1. The third-order valence-corrected chi connectivity index (χ3v) is 17.5. The first-order chi connectivity index (χ1) is 40.4. The maximum absolute atomic E-state index is 15.1. The van der Waals surface area contributed by atoms with Crippen LogP contribution in [-0.4, -0.2) is 209 Å². The number of hydrogen-bond donors (Lipinski definition) is 18. The summed E-state index contributed by atoms with van der Waals surface area (Å²) < 4.78 is 5.72. The van der Waals surface area contributed by atoms with Crippen LogP contribution in [0.15, 0.2) is 79.0 Å². The van der Waals surface area contributed by atoms with Crippen LogP contribution in [0.5, 0.6) is 5.75 Å². The lowest BCUT2D eigenvalue weighted by Crippen LogP contribution is -2.66. The lowest BCUT2D eigenvalue weighted by Gasteiger charge is -2.42. The van der Waals surface area contributed by atoms with Crippen molar-refractivity contribution >= 4 is 102 Å². The number of nitrogens with one attached hydrogen (secondary N) is 9. The normalized spacial score (nSPS) is 26.5. The summed E-state index contributed by atoms with van der Waals surface area (Å²) in [6, 6.07) is 7.17. The lowest BCUT2D eigenvalue weighted by molar-refractivity contribution is -0.318. The van der Waals surface area contributed by atoms with Crippen molar-refractivity contribution in [3.05, 3.63) is 99.3 Å². The number of benzene rings is 3. The number of nitrogens with two attached hydrogens (primary N) is 1. The number of carboxylic acid groups (broad SMARTS) is 1. The van der Waals surface area contributed by atoms with E-state index in [2.05, 4.69) is 47.5 Å². The third kappa shape index (κ3) is 19.2. The van der Waals surface area contributed by atoms with Gasteiger partial charge in [-0.3, -0.25) is 33.6 Å². The van der Waals surface area contributed by atoms with Crippen molar-refractivity contribution in [1.82, 2.24) is 47.5 Å². The fourth-order valence-electron chi connectivity index (χ4n) is 9.29. The summed E-state index contributed by atoms with van der Waals surface area (Å²) >= 11 is 1.88. The zero-order chi connectivity index (χ0) is 62.1. The number of halogens is 1. The molecule has 30 heteroatoms. The van der Waals surface area contributed by atoms with Gasteiger partial charge in [0, 0.05) is 41.4 Å². The summed E-state index contributed by atoms with van der Waals surface area (Å²) in [6.07, 6.45) is -7.12. The fourth-order valence-corrected chi connectivity index (χ4v) is 12.2. The molecular formula is C55H73IN10O17S2. The number of aliphatic carboxylic acids is 1. The molecule has 19 N–H and O–H groups in total. The monoisotopic (exact) mass is 1330 g/mol. The van der Waals surface area contributed by atoms with E-state index in [-0.39, 0.29) is 44.4 Å². The van der Waals surface area contributed by atoms with Crippen molar-refractivity contribution < 1.29 is 83.9 Å². The number of aromatic amines is 1. The van der Waals surface area contributed by atoms with E-state index in [1.54, 1.807) is 66.9 Å². The summed E-state index contributed by atoms with van der Waals surface area (Å²) in [6.45, 7) is 1.18. The molecule has 3 aromatic carbocycles. The van der Waals surface area contributed by atoms with Crippen LogP contribution < -0.4 is 48.3 Å². The zero-order valence-corrected chi connectivity index (χ0v) is 50.1. The van der Waals surface area contributed by atoms with Gasteiger partial charge < -0.3 is 98.8 Å². The SMILES string of the molecule is CC(O)[C@H](NC(=O)[C@@H]1CSSCC(NC(=O)C(Cc2ccccc2)NCC2(O)OCC(O)[C@@H](O)C2O)C(=O)N[C@@H](Cc2ccc(O)c([123I])c2)C(=O)N[C@H](Cc2c[nH]c3ccccc23)C(=O)N[C@@H](CCCCN)C(=O)N[C@@H](C(C)O)C(=O)N1)C(=O)O. The number of carbonyl (C=O) groups is 8. The molecule has 2 fully saturated rings. The van der Waals surface area contributed by atoms with Gasteiger partial charge >= 0.3 is 5.97 Å². The van der Waals surface area contributed by atoms with E-state index in [1.807, 2.05) is 22.6 Å². The summed E-state index contributed by atoms with van der Waals surface area (Å²) in [7, 11) is 1.70. The van der Waals surface area contributed by atoms with Gasteiger partial charge in [-0.2, -0.15) is 0 Å². The minimum Gasteiger partial charge on any atom is -0.507 e. The lowest BCUT2D eigenvalue weighted by atomic mass is 9.96. The van der Waals surface area contributed by atoms with Crippen LogP contribution in [0.4, 0.5) is 0 Å². The third-order valence-electron chi connectivity index (χ3n) is 14.2. The molecule has 14 atom stereocenters. The van der Waals surface area contributed by atoms with Crippen molar-refractivity contribution in [3.8, 4) is 5.75 Å². The van der Waals surface area contributed by atoms with E-state index in [0.29, 0.717) is 37.6 Å². The largest absolute Gasteiger partial charge is 0.507 e. The summed E-state index contributed by atoms with van der Waals surface area (Å²) in [5, 5.41) is 106. The van der Waals surface area contributed by atoms with Crippen molar-refractivity contribution in [1.29, 1.82) is 0 Å². The fraction of sp³-hybridized carbons (Fsp3) is 0.491. The highest BCUT2D eigenvalue weighted by Gasteiger charge is 2.49. The topological polar surface area (TPSA) is 446 Å². The second kappa shape index (κ2) is 32.0. The maximum Gasteiger partial charge on any atom is 0.328 e. The number of para-hydroxylation sites is 1. The number of hydrogen-bond acceptors (Lipinski definition) is 20. The number of phenols is 1. The van der Waals surface area contributed by atoms with Gasteiger partial charge in [0.15, 0.2) is 6.04 Å². The van der Waals surface area contributed by atoms with Crippen molar-refractivity contribution in [2.24, 2.45) is 5.73 Å². The number of aliphatic hydroxyl groups is 6. The first-order valence-electron chi connectivity index (χ1n) is 27.3. The molecule has 0 spiro atoms. The number of aliphatic hydroxyl groups excluding tert-OH is 5. The Labute approximate surface area is 510 Å². The summed E-state index contributed by atoms with van der Waals surface area (Å²) in [4.78, 5) is 118. The Morgan fingerprint density at radius 2 is 1.45 bits per heavy atom. The molecule has 7 amide bonds. The molecule has 1 aromatic heterocycles. The second-order valence-corrected chi connectivity index (χ2v) is 24.5. The van der Waals surface area contributed by atoms with E-state index in [4.69, 9.17) is 10.5 Å². The van der Waals surface area contributed by atoms with E-state index >= 15 is 9.59 Å². The predicted octanol–water partition coefficient (Wildman–Crippen LogP) is -2.97. The van der Waals surface area contributed by atoms with Crippen molar-refractivity contribution in [3.63, 3.8) is 0 Å². The molecule has 3 heterocycles.